The van der Waals surface area contributed by atoms with Gasteiger partial charge in [-0.15, -0.1) is 11.8 Å². The third-order valence-corrected chi connectivity index (χ3v) is 15.6. The van der Waals surface area contributed by atoms with Crippen molar-refractivity contribution in [2.24, 2.45) is 0 Å². The molecule has 0 bridgehead atoms. The molecular weight excluding hydrogens is 705 g/mol. The molecule has 3 aromatic rings. The third kappa shape index (κ3) is 12.7. The molecule has 1 saturated heterocycles. The number of unbranched alkanes of at least 4 members (excludes halogenated alkanes) is 5. The fourth-order valence-electron chi connectivity index (χ4n) is 6.78. The molecule has 0 spiro atoms. The van der Waals surface area contributed by atoms with Crippen molar-refractivity contribution in [2.75, 3.05) is 19.2 Å². The van der Waals surface area contributed by atoms with Gasteiger partial charge in [-0.05, 0) is 53.9 Å². The van der Waals surface area contributed by atoms with Crippen LogP contribution in [0.3, 0.4) is 0 Å². The number of hydrogen-bond donors (Lipinski definition) is 1. The minimum absolute atomic E-state index is 0.104. The van der Waals surface area contributed by atoms with E-state index in [-0.39, 0.29) is 18.4 Å². The lowest BCUT2D eigenvalue weighted by molar-refractivity contribution is -0.244. The summed E-state index contributed by atoms with van der Waals surface area (Å²) in [4.78, 5) is 13.2. The highest BCUT2D eigenvalue weighted by atomic mass is 32.2. The summed E-state index contributed by atoms with van der Waals surface area (Å²) in [6.07, 6.45) is 2.17. The van der Waals surface area contributed by atoms with E-state index in [9.17, 15) is 9.90 Å². The molecule has 1 heterocycles. The molecule has 5 atom stereocenters. The number of carbonyl (C=O) groups excluding carboxylic acids is 1. The van der Waals surface area contributed by atoms with Crippen molar-refractivity contribution >= 4 is 36.6 Å². The van der Waals surface area contributed by atoms with E-state index >= 15 is 0 Å². The Balaban J connectivity index is 1.63. The Morgan fingerprint density at radius 2 is 1.36 bits per heavy atom. The monoisotopic (exact) mass is 766 g/mol. The zero-order valence-corrected chi connectivity index (χ0v) is 34.6. The van der Waals surface area contributed by atoms with E-state index in [1.165, 1.54) is 25.7 Å². The van der Waals surface area contributed by atoms with Gasteiger partial charge in [-0.3, -0.25) is 0 Å². The molecule has 1 aliphatic rings. The fraction of sp³-hybridized carbons (Fsp3) is 0.558. The second-order valence-electron chi connectivity index (χ2n) is 15.8. The molecule has 0 unspecified atom stereocenters. The van der Waals surface area contributed by atoms with Crippen LogP contribution in [0, 0.1) is 0 Å². The summed E-state index contributed by atoms with van der Waals surface area (Å²) in [6, 6.07) is 30.6. The van der Waals surface area contributed by atoms with Gasteiger partial charge in [0.05, 0.1) is 13.2 Å². The Morgan fingerprint density at radius 3 is 1.92 bits per heavy atom. The molecule has 0 radical (unpaired) electrons. The number of benzene rings is 3. The third-order valence-electron chi connectivity index (χ3n) is 9.36. The van der Waals surface area contributed by atoms with Gasteiger partial charge in [0.1, 0.15) is 36.1 Å². The molecule has 1 aliphatic heterocycles. The largest absolute Gasteiger partial charge is 0.509 e. The molecule has 53 heavy (non-hydrogen) atoms. The highest BCUT2D eigenvalue weighted by Gasteiger charge is 2.53. The number of carbonyl (C=O) groups is 1. The van der Waals surface area contributed by atoms with Gasteiger partial charge in [0.25, 0.3) is 8.32 Å². The van der Waals surface area contributed by atoms with Crippen molar-refractivity contribution in [3.05, 3.63) is 96.6 Å². The predicted molar refractivity (Wildman–Crippen MR) is 216 cm³/mol. The molecule has 0 aromatic heterocycles. The summed E-state index contributed by atoms with van der Waals surface area (Å²) < 4.78 is 37.8. The highest BCUT2D eigenvalue weighted by molar-refractivity contribution is 7.99. The van der Waals surface area contributed by atoms with Crippen molar-refractivity contribution < 1.29 is 38.0 Å². The van der Waals surface area contributed by atoms with Crippen molar-refractivity contribution in [3.63, 3.8) is 0 Å². The molecule has 292 valence electrons. The van der Waals surface area contributed by atoms with Crippen LogP contribution in [0.15, 0.2) is 91.0 Å². The Bertz CT molecular complexity index is 1420. The molecule has 4 rings (SSSR count). The maximum Gasteiger partial charge on any atom is 0.509 e. The smallest absolute Gasteiger partial charge is 0.429 e. The molecule has 1 fully saturated rings. The first-order chi connectivity index (χ1) is 25.4. The average Bonchev–Trinajstić information content (AvgIpc) is 3.12. The zero-order chi connectivity index (χ0) is 38.3. The highest BCUT2D eigenvalue weighted by Crippen LogP contribution is 2.39. The first-order valence-corrected chi connectivity index (χ1v) is 22.1. The second kappa shape index (κ2) is 20.8. The maximum atomic E-state index is 13.2. The molecule has 1 N–H and O–H groups in total. The summed E-state index contributed by atoms with van der Waals surface area (Å²) >= 11 is 1.58. The molecular formula is C43H62O8SSi. The van der Waals surface area contributed by atoms with Gasteiger partial charge < -0.3 is 33.2 Å². The van der Waals surface area contributed by atoms with Crippen LogP contribution in [0.2, 0.25) is 5.04 Å². The molecule has 10 heteroatoms. The lowest BCUT2D eigenvalue weighted by atomic mass is 10.00. The fourth-order valence-corrected chi connectivity index (χ4v) is 12.6. The van der Waals surface area contributed by atoms with E-state index in [0.29, 0.717) is 6.61 Å². The number of rotatable bonds is 19. The zero-order valence-electron chi connectivity index (χ0n) is 32.8. The topological polar surface area (TPSA) is 92.7 Å². The van der Waals surface area contributed by atoms with Gasteiger partial charge in [-0.2, -0.15) is 0 Å². The summed E-state index contributed by atoms with van der Waals surface area (Å²) in [7, 11) is -2.96. The van der Waals surface area contributed by atoms with Crippen molar-refractivity contribution in [2.45, 2.75) is 134 Å². The summed E-state index contributed by atoms with van der Waals surface area (Å²) in [6.45, 7) is 14.5. The Morgan fingerprint density at radius 1 is 0.792 bits per heavy atom. The van der Waals surface area contributed by atoms with E-state index in [0.717, 1.165) is 34.5 Å². The quantitative estimate of drug-likeness (QED) is 0.0558. The molecule has 0 aliphatic carbocycles. The Hall–Kier alpha value is -2.70. The van der Waals surface area contributed by atoms with Gasteiger partial charge >= 0.3 is 6.16 Å². The molecule has 3 aromatic carbocycles. The van der Waals surface area contributed by atoms with E-state index < -0.39 is 49.9 Å². The first kappa shape index (κ1) is 43.0. The Labute approximate surface area is 323 Å². The van der Waals surface area contributed by atoms with Crippen molar-refractivity contribution in [1.29, 1.82) is 0 Å². The van der Waals surface area contributed by atoms with Gasteiger partial charge in [-0.1, -0.05) is 151 Å². The van der Waals surface area contributed by atoms with Gasteiger partial charge in [0.2, 0.25) is 0 Å². The number of aliphatic hydroxyl groups is 1. The van der Waals surface area contributed by atoms with Crippen LogP contribution in [0.1, 0.15) is 92.6 Å². The van der Waals surface area contributed by atoms with E-state index in [2.05, 4.69) is 52.0 Å². The van der Waals surface area contributed by atoms with Gasteiger partial charge in [0, 0.05) is 0 Å². The Kier molecular flexibility index (Phi) is 16.9. The van der Waals surface area contributed by atoms with Gasteiger partial charge in [-0.25, -0.2) is 4.79 Å². The van der Waals surface area contributed by atoms with Crippen LogP contribution in [-0.4, -0.2) is 74.2 Å². The van der Waals surface area contributed by atoms with Crippen LogP contribution in [0.4, 0.5) is 4.79 Å². The standard InChI is InChI=1S/C43H62O8SSi/c1-8-9-10-11-12-22-29-52-40-39(50-41(45)51-42(2,3)4)38(47-32-46-30-33-23-16-13-17-24-33)37(44)36(49-40)31-48-53(43(5,6)7,34-25-18-14-19-26-34)35-27-20-15-21-28-35/h13-21,23-28,36-40,44H,8-12,22,29-32H2,1-7H3/t36-,37-,38+,39-,40+/m1/s1. The van der Waals surface area contributed by atoms with E-state index in [4.69, 9.17) is 28.1 Å². The minimum Gasteiger partial charge on any atom is -0.429 e. The number of hydrogen-bond acceptors (Lipinski definition) is 9. The lowest BCUT2D eigenvalue weighted by Crippen LogP contribution is -2.68. The SMILES string of the molecule is CCCCCCCCS[C@@H]1O[C@H](CO[Si](c2ccccc2)(c2ccccc2)C(C)(C)C)[C@@H](O)[C@H](OCOCc2ccccc2)[C@H]1OC(=O)OC(C)(C)C. The second-order valence-corrected chi connectivity index (χ2v) is 21.3. The maximum absolute atomic E-state index is 13.2. The molecule has 0 amide bonds. The van der Waals surface area contributed by atoms with Crippen molar-refractivity contribution in [1.82, 2.24) is 0 Å². The number of ether oxygens (including phenoxy) is 5. The van der Waals surface area contributed by atoms with Crippen LogP contribution < -0.4 is 10.4 Å². The average molecular weight is 767 g/mol. The molecule has 8 nitrogen and oxygen atoms in total. The van der Waals surface area contributed by atoms with Crippen LogP contribution in [0.5, 0.6) is 0 Å². The molecule has 0 saturated carbocycles. The van der Waals surface area contributed by atoms with E-state index in [1.807, 2.05) is 66.7 Å². The number of aliphatic hydroxyl groups excluding tert-OH is 1. The summed E-state index contributed by atoms with van der Waals surface area (Å²) in [5.41, 5.74) is -0.421. The minimum atomic E-state index is -2.96. The summed E-state index contributed by atoms with van der Waals surface area (Å²) in [5, 5.41) is 14.1. The summed E-state index contributed by atoms with van der Waals surface area (Å²) in [5.74, 6) is 0.792. The number of thioether (sulfide) groups is 1. The first-order valence-electron chi connectivity index (χ1n) is 19.2. The van der Waals surface area contributed by atoms with Gasteiger partial charge in [0.15, 0.2) is 6.10 Å². The van der Waals surface area contributed by atoms with Crippen LogP contribution in [-0.2, 0) is 34.7 Å². The van der Waals surface area contributed by atoms with Crippen molar-refractivity contribution in [3.8, 4) is 0 Å². The normalized spacial score (nSPS) is 20.9. The lowest BCUT2D eigenvalue weighted by Gasteiger charge is -2.47. The van der Waals surface area contributed by atoms with Crippen LogP contribution >= 0.6 is 11.8 Å². The van der Waals surface area contributed by atoms with Crippen LogP contribution in [0.25, 0.3) is 0 Å². The van der Waals surface area contributed by atoms with E-state index in [1.54, 1.807) is 32.5 Å². The predicted octanol–water partition coefficient (Wildman–Crippen LogP) is 8.62.